The van der Waals surface area contributed by atoms with E-state index in [2.05, 4.69) is 16.5 Å². The molecule has 2 aromatic heterocycles. The molecule has 110 valence electrons. The lowest BCUT2D eigenvalue weighted by molar-refractivity contribution is 0.304. The first-order valence-electron chi connectivity index (χ1n) is 6.70. The second-order valence-corrected chi connectivity index (χ2v) is 4.81. The summed E-state index contributed by atoms with van der Waals surface area (Å²) in [7, 11) is 0. The van der Waals surface area contributed by atoms with Crippen molar-refractivity contribution in [2.45, 2.75) is 26.5 Å². The fourth-order valence-electron chi connectivity index (χ4n) is 1.93. The molecule has 0 aromatic carbocycles. The Morgan fingerprint density at radius 2 is 2.24 bits per heavy atom. The Hall–Kier alpha value is -2.43. The van der Waals surface area contributed by atoms with Crippen molar-refractivity contribution in [3.63, 3.8) is 0 Å². The van der Waals surface area contributed by atoms with Crippen molar-refractivity contribution in [2.75, 3.05) is 4.90 Å². The molecule has 0 aliphatic heterocycles. The van der Waals surface area contributed by atoms with Crippen molar-refractivity contribution >= 4 is 5.82 Å². The van der Waals surface area contributed by atoms with Crippen molar-refractivity contribution in [1.29, 1.82) is 0 Å². The normalized spacial score (nSPS) is 10.5. The molecule has 5 heteroatoms. The number of hydrogen-bond donors (Lipinski definition) is 0. The number of rotatable bonds is 6. The van der Waals surface area contributed by atoms with Gasteiger partial charge in [0.2, 0.25) is 0 Å². The van der Waals surface area contributed by atoms with E-state index in [0.29, 0.717) is 17.1 Å². The fourth-order valence-corrected chi connectivity index (χ4v) is 1.93. The number of ether oxygens (including phenoxy) is 1. The topological polar surface area (TPSA) is 38.2 Å². The molecular weight excluding hydrogens is 269 g/mol. The molecule has 4 nitrogen and oxygen atoms in total. The van der Waals surface area contributed by atoms with Gasteiger partial charge >= 0.3 is 0 Å². The van der Waals surface area contributed by atoms with Crippen molar-refractivity contribution in [3.05, 3.63) is 60.9 Å². The van der Waals surface area contributed by atoms with Gasteiger partial charge in [-0.3, -0.25) is 4.98 Å². The van der Waals surface area contributed by atoms with Gasteiger partial charge in [0.1, 0.15) is 12.4 Å². The van der Waals surface area contributed by atoms with Crippen LogP contribution >= 0.6 is 0 Å². The first-order chi connectivity index (χ1) is 10.1. The van der Waals surface area contributed by atoms with Crippen LogP contribution in [0.4, 0.5) is 10.2 Å². The van der Waals surface area contributed by atoms with Crippen LogP contribution < -0.4 is 9.64 Å². The summed E-state index contributed by atoms with van der Waals surface area (Å²) in [5, 5.41) is 0. The lowest BCUT2D eigenvalue weighted by Crippen LogP contribution is -2.25. The number of aromatic nitrogens is 2. The second-order valence-electron chi connectivity index (χ2n) is 4.81. The zero-order valence-electron chi connectivity index (χ0n) is 12.2. The van der Waals surface area contributed by atoms with Crippen LogP contribution in [0.2, 0.25) is 0 Å². The maximum absolute atomic E-state index is 13.1. The Bertz CT molecular complexity index is 616. The molecule has 0 saturated carbocycles. The van der Waals surface area contributed by atoms with Gasteiger partial charge in [0.05, 0.1) is 6.20 Å². The molecule has 0 fully saturated rings. The monoisotopic (exact) mass is 287 g/mol. The minimum atomic E-state index is -0.377. The Morgan fingerprint density at radius 1 is 1.43 bits per heavy atom. The van der Waals surface area contributed by atoms with Crippen molar-refractivity contribution < 1.29 is 9.13 Å². The fraction of sp³-hybridized carbons (Fsp3) is 0.250. The summed E-state index contributed by atoms with van der Waals surface area (Å²) in [4.78, 5) is 10.1. The molecule has 0 aliphatic rings. The molecule has 0 saturated heterocycles. The van der Waals surface area contributed by atoms with Crippen LogP contribution in [0.5, 0.6) is 5.75 Å². The van der Waals surface area contributed by atoms with Crippen LogP contribution in [0.25, 0.3) is 0 Å². The highest BCUT2D eigenvalue weighted by Crippen LogP contribution is 2.27. The number of pyridine rings is 2. The molecular formula is C16H18FN3O. The molecule has 21 heavy (non-hydrogen) atoms. The zero-order valence-corrected chi connectivity index (χ0v) is 12.2. The molecule has 2 heterocycles. The van der Waals surface area contributed by atoms with Gasteiger partial charge in [-0.15, -0.1) is 0 Å². The molecule has 0 spiro atoms. The number of anilines is 1. The van der Waals surface area contributed by atoms with E-state index in [4.69, 9.17) is 4.74 Å². The second kappa shape index (κ2) is 6.83. The average molecular weight is 287 g/mol. The molecule has 0 atom stereocenters. The van der Waals surface area contributed by atoms with Gasteiger partial charge < -0.3 is 9.64 Å². The van der Waals surface area contributed by atoms with Crippen molar-refractivity contribution in [3.8, 4) is 5.75 Å². The highest BCUT2D eigenvalue weighted by atomic mass is 19.1. The van der Waals surface area contributed by atoms with Crippen molar-refractivity contribution in [1.82, 2.24) is 9.97 Å². The average Bonchev–Trinajstić information content (AvgIpc) is 2.47. The lowest BCUT2D eigenvalue weighted by atomic mass is 10.3. The maximum Gasteiger partial charge on any atom is 0.175 e. The summed E-state index contributed by atoms with van der Waals surface area (Å²) in [6.45, 7) is 8.11. The third-order valence-electron chi connectivity index (χ3n) is 2.90. The van der Waals surface area contributed by atoms with Gasteiger partial charge in [0.25, 0.3) is 0 Å². The Balaban J connectivity index is 2.18. The molecule has 0 bridgehead atoms. The highest BCUT2D eigenvalue weighted by molar-refractivity contribution is 5.54. The van der Waals surface area contributed by atoms with Gasteiger partial charge in [-0.05, 0) is 38.2 Å². The van der Waals surface area contributed by atoms with Gasteiger partial charge in [-0.2, -0.15) is 0 Å². The predicted molar refractivity (Wildman–Crippen MR) is 80.6 cm³/mol. The van der Waals surface area contributed by atoms with E-state index in [1.54, 1.807) is 24.7 Å². The molecule has 0 amide bonds. The Kier molecular flexibility index (Phi) is 4.87. The van der Waals surface area contributed by atoms with E-state index in [-0.39, 0.29) is 18.5 Å². The molecule has 2 aromatic rings. The van der Waals surface area contributed by atoms with Crippen LogP contribution in [0, 0.1) is 5.82 Å². The van der Waals surface area contributed by atoms with E-state index in [9.17, 15) is 4.39 Å². The quantitative estimate of drug-likeness (QED) is 0.814. The van der Waals surface area contributed by atoms with E-state index >= 15 is 0 Å². The molecule has 0 N–H and O–H groups in total. The van der Waals surface area contributed by atoms with Crippen LogP contribution in [0.1, 0.15) is 19.4 Å². The largest absolute Gasteiger partial charge is 0.485 e. The molecule has 0 aliphatic carbocycles. The van der Waals surface area contributed by atoms with Crippen molar-refractivity contribution in [2.24, 2.45) is 0 Å². The maximum atomic E-state index is 13.1. The highest BCUT2D eigenvalue weighted by Gasteiger charge is 2.14. The summed E-state index contributed by atoms with van der Waals surface area (Å²) < 4.78 is 18.9. The van der Waals surface area contributed by atoms with Gasteiger partial charge in [0.15, 0.2) is 11.6 Å². The summed E-state index contributed by atoms with van der Waals surface area (Å²) in [6, 6.07) is 5.23. The number of halogens is 1. The minimum absolute atomic E-state index is 0.204. The van der Waals surface area contributed by atoms with Crippen LogP contribution in [0.3, 0.4) is 0 Å². The van der Waals surface area contributed by atoms with Crippen LogP contribution in [-0.2, 0) is 6.61 Å². The zero-order chi connectivity index (χ0) is 15.2. The summed E-state index contributed by atoms with van der Waals surface area (Å²) in [6.07, 6.45) is 6.15. The molecule has 0 radical (unpaired) electrons. The third-order valence-corrected chi connectivity index (χ3v) is 2.90. The SMILES string of the molecule is C=CN(c1ncccc1OCc1cncc(F)c1)C(C)C. The first kappa shape index (κ1) is 15.0. The first-order valence-corrected chi connectivity index (χ1v) is 6.70. The molecule has 2 rings (SSSR count). The van der Waals surface area contributed by atoms with E-state index < -0.39 is 0 Å². The van der Waals surface area contributed by atoms with Crippen LogP contribution in [0.15, 0.2) is 49.6 Å². The van der Waals surface area contributed by atoms with E-state index in [1.165, 1.54) is 6.07 Å². The van der Waals surface area contributed by atoms with Gasteiger partial charge in [-0.25, -0.2) is 9.37 Å². The third kappa shape index (κ3) is 3.78. The smallest absolute Gasteiger partial charge is 0.175 e. The number of nitrogens with zero attached hydrogens (tertiary/aromatic N) is 3. The van der Waals surface area contributed by atoms with Gasteiger partial charge in [-0.1, -0.05) is 6.58 Å². The van der Waals surface area contributed by atoms with E-state index in [0.717, 1.165) is 6.20 Å². The number of hydrogen-bond acceptors (Lipinski definition) is 4. The van der Waals surface area contributed by atoms with Gasteiger partial charge in [0, 0.05) is 24.0 Å². The minimum Gasteiger partial charge on any atom is -0.485 e. The summed E-state index contributed by atoms with van der Waals surface area (Å²) in [5.41, 5.74) is 0.666. The van der Waals surface area contributed by atoms with E-state index in [1.807, 2.05) is 24.8 Å². The Labute approximate surface area is 123 Å². The summed E-state index contributed by atoms with van der Waals surface area (Å²) in [5.74, 6) is 0.930. The standard InChI is InChI=1S/C16H18FN3O/c1-4-20(12(2)3)16-15(6-5-7-19-16)21-11-13-8-14(17)10-18-9-13/h4-10,12H,1,11H2,2-3H3. The lowest BCUT2D eigenvalue weighted by Gasteiger charge is -2.25. The summed E-state index contributed by atoms with van der Waals surface area (Å²) >= 11 is 0. The predicted octanol–water partition coefficient (Wildman–Crippen LogP) is 3.55. The Morgan fingerprint density at radius 3 is 2.90 bits per heavy atom. The van der Waals surface area contributed by atoms with Crippen LogP contribution in [-0.4, -0.2) is 16.0 Å². The molecule has 0 unspecified atom stereocenters.